The molecule has 0 aromatic carbocycles. The molecule has 0 atom stereocenters. The fraction of sp³-hybridized carbons (Fsp3) is 0.556. The molecule has 2 rings (SSSR count). The van der Waals surface area contributed by atoms with Gasteiger partial charge in [0, 0.05) is 19.6 Å². The van der Waals surface area contributed by atoms with Gasteiger partial charge in [0.1, 0.15) is 11.2 Å². The molecule has 2 aliphatic heterocycles. The van der Waals surface area contributed by atoms with E-state index in [-0.39, 0.29) is 29.2 Å². The minimum Gasteiger partial charge on any atom is -0.444 e. The number of hydrogen-bond donors (Lipinski definition) is 1. The largest absolute Gasteiger partial charge is 0.444 e. The van der Waals surface area contributed by atoms with Crippen molar-refractivity contribution in [3.63, 3.8) is 0 Å². The zero-order valence-electron chi connectivity index (χ0n) is 15.4. The van der Waals surface area contributed by atoms with Crippen LogP contribution in [0, 0.1) is 5.92 Å². The lowest BCUT2D eigenvalue weighted by atomic mass is 9.93. The van der Waals surface area contributed by atoms with Gasteiger partial charge in [0.05, 0.1) is 0 Å². The summed E-state index contributed by atoms with van der Waals surface area (Å²) in [5, 5.41) is 2.63. The Labute approximate surface area is 159 Å². The highest BCUT2D eigenvalue weighted by Crippen LogP contribution is 2.23. The summed E-state index contributed by atoms with van der Waals surface area (Å²) < 4.78 is 5.37. The lowest BCUT2D eigenvalue weighted by Crippen LogP contribution is -2.54. The third-order valence-electron chi connectivity index (χ3n) is 4.09. The SMILES string of the molecule is C=CCN1C(=O)/C(=C/C2CCN(C(=O)OC(C)(C)C)CC2)C(=O)NC1=S. The Kier molecular flexibility index (Phi) is 6.17. The average Bonchev–Trinajstić information content (AvgIpc) is 2.54. The first-order chi connectivity index (χ1) is 12.1. The predicted molar refractivity (Wildman–Crippen MR) is 101 cm³/mol. The highest BCUT2D eigenvalue weighted by atomic mass is 32.1. The van der Waals surface area contributed by atoms with E-state index in [1.54, 1.807) is 17.1 Å². The number of ether oxygens (including phenoxy) is 1. The van der Waals surface area contributed by atoms with Crippen LogP contribution in [0.25, 0.3) is 0 Å². The second-order valence-corrected chi connectivity index (χ2v) is 7.74. The summed E-state index contributed by atoms with van der Waals surface area (Å²) in [6, 6.07) is 0. The number of thiocarbonyl (C=S) groups is 1. The second-order valence-electron chi connectivity index (χ2n) is 7.35. The summed E-state index contributed by atoms with van der Waals surface area (Å²) >= 11 is 5.03. The quantitative estimate of drug-likeness (QED) is 0.351. The Balaban J connectivity index is 2.01. The van der Waals surface area contributed by atoms with Gasteiger partial charge >= 0.3 is 6.09 Å². The van der Waals surface area contributed by atoms with Crippen LogP contribution in [-0.2, 0) is 14.3 Å². The van der Waals surface area contributed by atoms with E-state index in [4.69, 9.17) is 17.0 Å². The zero-order valence-corrected chi connectivity index (χ0v) is 16.2. The molecule has 0 bridgehead atoms. The van der Waals surface area contributed by atoms with Gasteiger partial charge in [-0.2, -0.15) is 0 Å². The van der Waals surface area contributed by atoms with Gasteiger partial charge in [0.25, 0.3) is 11.8 Å². The van der Waals surface area contributed by atoms with Crippen molar-refractivity contribution in [2.75, 3.05) is 19.6 Å². The van der Waals surface area contributed by atoms with Crippen LogP contribution < -0.4 is 5.32 Å². The average molecular weight is 379 g/mol. The van der Waals surface area contributed by atoms with Gasteiger partial charge in [-0.25, -0.2) is 4.79 Å². The Bertz CT molecular complexity index is 658. The number of hydrogen-bond acceptors (Lipinski definition) is 5. The molecule has 2 fully saturated rings. The molecule has 26 heavy (non-hydrogen) atoms. The van der Waals surface area contributed by atoms with Gasteiger partial charge in [0.15, 0.2) is 5.11 Å². The van der Waals surface area contributed by atoms with Crippen molar-refractivity contribution < 1.29 is 19.1 Å². The van der Waals surface area contributed by atoms with Gasteiger partial charge in [-0.15, -0.1) is 6.58 Å². The number of rotatable bonds is 3. The van der Waals surface area contributed by atoms with Crippen molar-refractivity contribution in [3.05, 3.63) is 24.3 Å². The molecular formula is C18H25N3O4S. The molecule has 2 saturated heterocycles. The lowest BCUT2D eigenvalue weighted by molar-refractivity contribution is -0.128. The van der Waals surface area contributed by atoms with Gasteiger partial charge in [-0.1, -0.05) is 12.2 Å². The molecule has 0 unspecified atom stereocenters. The third kappa shape index (κ3) is 4.91. The van der Waals surface area contributed by atoms with Crippen molar-refractivity contribution in [1.82, 2.24) is 15.1 Å². The molecule has 0 radical (unpaired) electrons. The number of carbonyl (C=O) groups excluding carboxylic acids is 3. The van der Waals surface area contributed by atoms with E-state index in [2.05, 4.69) is 11.9 Å². The molecule has 7 nitrogen and oxygen atoms in total. The highest BCUT2D eigenvalue weighted by Gasteiger charge is 2.34. The van der Waals surface area contributed by atoms with E-state index >= 15 is 0 Å². The van der Waals surface area contributed by atoms with Crippen LogP contribution in [0.4, 0.5) is 4.79 Å². The first-order valence-corrected chi connectivity index (χ1v) is 9.01. The van der Waals surface area contributed by atoms with Crippen molar-refractivity contribution in [2.24, 2.45) is 5.92 Å². The van der Waals surface area contributed by atoms with Gasteiger partial charge < -0.3 is 9.64 Å². The first-order valence-electron chi connectivity index (χ1n) is 8.60. The molecular weight excluding hydrogens is 354 g/mol. The minimum absolute atomic E-state index is 0.0376. The maximum Gasteiger partial charge on any atom is 0.410 e. The van der Waals surface area contributed by atoms with Crippen molar-refractivity contribution in [1.29, 1.82) is 0 Å². The van der Waals surface area contributed by atoms with Gasteiger partial charge in [0.2, 0.25) is 0 Å². The van der Waals surface area contributed by atoms with Gasteiger partial charge in [-0.05, 0) is 51.7 Å². The summed E-state index contributed by atoms with van der Waals surface area (Å²) in [4.78, 5) is 39.7. The molecule has 8 heteroatoms. The molecule has 2 aliphatic rings. The lowest BCUT2D eigenvalue weighted by Gasteiger charge is -2.33. The van der Waals surface area contributed by atoms with Crippen LogP contribution >= 0.6 is 12.2 Å². The molecule has 0 saturated carbocycles. The predicted octanol–water partition coefficient (Wildman–Crippen LogP) is 1.99. The maximum atomic E-state index is 12.5. The molecule has 0 aliphatic carbocycles. The van der Waals surface area contributed by atoms with E-state index in [1.807, 2.05) is 20.8 Å². The Hall–Kier alpha value is -2.22. The number of nitrogens with zero attached hydrogens (tertiary/aromatic N) is 2. The molecule has 3 amide bonds. The number of amides is 3. The summed E-state index contributed by atoms with van der Waals surface area (Å²) in [6.07, 6.45) is 4.24. The molecule has 2 heterocycles. The molecule has 0 aromatic heterocycles. The number of allylic oxidation sites excluding steroid dienone is 1. The van der Waals surface area contributed by atoms with E-state index in [0.29, 0.717) is 25.9 Å². The summed E-state index contributed by atoms with van der Waals surface area (Å²) in [6.45, 7) is 10.4. The van der Waals surface area contributed by atoms with E-state index < -0.39 is 17.4 Å². The van der Waals surface area contributed by atoms with Crippen LogP contribution in [0.15, 0.2) is 24.3 Å². The van der Waals surface area contributed by atoms with Crippen molar-refractivity contribution in [2.45, 2.75) is 39.2 Å². The second kappa shape index (κ2) is 7.99. The van der Waals surface area contributed by atoms with E-state index in [9.17, 15) is 14.4 Å². The third-order valence-corrected chi connectivity index (χ3v) is 4.41. The standard InChI is InChI=1S/C18H25N3O4S/c1-5-8-21-15(23)13(14(22)19-16(21)26)11-12-6-9-20(10-7-12)17(24)25-18(2,3)4/h5,11-12H,1,6-10H2,2-4H3,(H,19,22,26)/b13-11+. The molecule has 1 N–H and O–H groups in total. The summed E-state index contributed by atoms with van der Waals surface area (Å²) in [5.41, 5.74) is -0.439. The van der Waals surface area contributed by atoms with E-state index in [0.717, 1.165) is 0 Å². The minimum atomic E-state index is -0.532. The zero-order chi connectivity index (χ0) is 19.5. The smallest absolute Gasteiger partial charge is 0.410 e. The number of nitrogens with one attached hydrogen (secondary N) is 1. The van der Waals surface area contributed by atoms with Crippen LogP contribution in [0.2, 0.25) is 0 Å². The summed E-state index contributed by atoms with van der Waals surface area (Å²) in [7, 11) is 0. The topological polar surface area (TPSA) is 79.0 Å². The normalized spacial score (nSPS) is 21.0. The number of likely N-dealkylation sites (tertiary alicyclic amines) is 1. The van der Waals surface area contributed by atoms with Crippen LogP contribution in [0.1, 0.15) is 33.6 Å². The Morgan fingerprint density at radius 1 is 1.35 bits per heavy atom. The monoisotopic (exact) mass is 379 g/mol. The van der Waals surface area contributed by atoms with Gasteiger partial charge in [-0.3, -0.25) is 19.8 Å². The maximum absolute atomic E-state index is 12.5. The van der Waals surface area contributed by atoms with Crippen LogP contribution in [-0.4, -0.2) is 58.1 Å². The van der Waals surface area contributed by atoms with Crippen molar-refractivity contribution in [3.8, 4) is 0 Å². The highest BCUT2D eigenvalue weighted by molar-refractivity contribution is 7.80. The molecule has 142 valence electrons. The number of piperidine rings is 1. The number of carbonyl (C=O) groups is 3. The van der Waals surface area contributed by atoms with Crippen molar-refractivity contribution >= 4 is 35.2 Å². The van der Waals surface area contributed by atoms with E-state index in [1.165, 1.54) is 4.90 Å². The summed E-state index contributed by atoms with van der Waals surface area (Å²) in [5.74, 6) is -0.848. The van der Waals surface area contributed by atoms with Crippen LogP contribution in [0.5, 0.6) is 0 Å². The fourth-order valence-electron chi connectivity index (χ4n) is 2.82. The van der Waals surface area contributed by atoms with Crippen LogP contribution in [0.3, 0.4) is 0 Å². The molecule has 0 aromatic rings. The first kappa shape index (κ1) is 20.1. The fourth-order valence-corrected chi connectivity index (χ4v) is 3.07. The Morgan fingerprint density at radius 2 is 1.96 bits per heavy atom. The Morgan fingerprint density at radius 3 is 2.50 bits per heavy atom. The molecule has 0 spiro atoms.